The van der Waals surface area contributed by atoms with Crippen molar-refractivity contribution in [2.24, 2.45) is 5.92 Å². The van der Waals surface area contributed by atoms with Gasteiger partial charge >= 0.3 is 10.1 Å². The molecule has 6 rings (SSSR count). The van der Waals surface area contributed by atoms with Gasteiger partial charge in [-0.3, -0.25) is 4.79 Å². The van der Waals surface area contributed by atoms with Crippen LogP contribution in [0.4, 0.5) is 0 Å². The smallest absolute Gasteiger partial charge is 0.339 e. The molecule has 4 atom stereocenters. The Hall–Kier alpha value is -2.38. The third-order valence-corrected chi connectivity index (χ3v) is 8.85. The van der Waals surface area contributed by atoms with Crippen LogP contribution in [0, 0.1) is 5.92 Å². The van der Waals surface area contributed by atoms with Crippen LogP contribution in [0.15, 0.2) is 47.4 Å². The minimum atomic E-state index is -3.99. The summed E-state index contributed by atoms with van der Waals surface area (Å²) in [7, 11) is -1.83. The number of likely N-dealkylation sites (tertiary alicyclic amines) is 1. The van der Waals surface area contributed by atoms with E-state index >= 15 is 0 Å². The van der Waals surface area contributed by atoms with E-state index in [-0.39, 0.29) is 21.8 Å². The Kier molecular flexibility index (Phi) is 3.73. The normalized spacial score (nSPS) is 31.8. The number of ether oxygens (including phenoxy) is 1. The maximum atomic E-state index is 12.9. The van der Waals surface area contributed by atoms with Gasteiger partial charge in [-0.25, -0.2) is 0 Å². The molecule has 6 nitrogen and oxygen atoms in total. The standard InChI is InChI=1S/C23H23NO5S/c1-24-12-11-23-16-8-9-18(25)22(23)28-21-19(10-7-14(20(21)23)13-17(16)24)29-30(26,27)15-5-3-2-4-6-15/h2-7,10,16-17,22H,8-9,11-13H2,1H3/t16?,17?,22-,23?/m0/s1. The molecule has 2 aliphatic heterocycles. The molecule has 2 aromatic carbocycles. The molecular formula is C23H23NO5S. The number of benzene rings is 2. The SMILES string of the molecule is CN1CCC23c4c5ccc(OS(=O)(=O)c6ccccc6)c4O[C@H]2C(=O)CCC3C1C5. The van der Waals surface area contributed by atoms with Gasteiger partial charge in [-0.15, -0.1) is 0 Å². The number of carbonyl (C=O) groups excluding carboxylic acids is 1. The van der Waals surface area contributed by atoms with E-state index in [9.17, 15) is 13.2 Å². The summed E-state index contributed by atoms with van der Waals surface area (Å²) < 4.78 is 37.5. The van der Waals surface area contributed by atoms with Crippen LogP contribution in [0.25, 0.3) is 0 Å². The second-order valence-corrected chi connectivity index (χ2v) is 10.5. The molecule has 0 amide bonds. The summed E-state index contributed by atoms with van der Waals surface area (Å²) in [5.41, 5.74) is 1.82. The Morgan fingerprint density at radius 2 is 1.97 bits per heavy atom. The van der Waals surface area contributed by atoms with Crippen molar-refractivity contribution >= 4 is 15.9 Å². The van der Waals surface area contributed by atoms with E-state index < -0.39 is 16.2 Å². The van der Waals surface area contributed by atoms with Crippen molar-refractivity contribution in [3.05, 3.63) is 53.6 Å². The molecule has 2 bridgehead atoms. The van der Waals surface area contributed by atoms with Gasteiger partial charge in [0.05, 0.1) is 0 Å². The minimum Gasteiger partial charge on any atom is -0.477 e. The Morgan fingerprint density at radius 1 is 1.17 bits per heavy atom. The number of hydrogen-bond donors (Lipinski definition) is 0. The maximum absolute atomic E-state index is 12.9. The van der Waals surface area contributed by atoms with Gasteiger partial charge < -0.3 is 13.8 Å². The molecule has 2 heterocycles. The van der Waals surface area contributed by atoms with Gasteiger partial charge in [-0.05, 0) is 62.5 Å². The number of likely N-dealkylation sites (N-methyl/N-ethyl adjacent to an activating group) is 1. The van der Waals surface area contributed by atoms with Crippen molar-refractivity contribution in [3.8, 4) is 11.5 Å². The summed E-state index contributed by atoms with van der Waals surface area (Å²) in [4.78, 5) is 15.4. The highest BCUT2D eigenvalue weighted by molar-refractivity contribution is 7.87. The van der Waals surface area contributed by atoms with E-state index in [4.69, 9.17) is 8.92 Å². The van der Waals surface area contributed by atoms with Gasteiger partial charge in [0, 0.05) is 23.4 Å². The zero-order chi connectivity index (χ0) is 20.7. The lowest BCUT2D eigenvalue weighted by molar-refractivity contribution is -0.138. The molecule has 2 aliphatic carbocycles. The molecule has 1 saturated carbocycles. The Morgan fingerprint density at radius 3 is 2.77 bits per heavy atom. The highest BCUT2D eigenvalue weighted by Gasteiger charge is 2.65. The predicted molar refractivity (Wildman–Crippen MR) is 109 cm³/mol. The lowest BCUT2D eigenvalue weighted by Gasteiger charge is -2.57. The maximum Gasteiger partial charge on any atom is 0.339 e. The number of nitrogens with zero attached hydrogens (tertiary/aromatic N) is 1. The number of rotatable bonds is 3. The van der Waals surface area contributed by atoms with Gasteiger partial charge in [0.2, 0.25) is 0 Å². The summed E-state index contributed by atoms with van der Waals surface area (Å²) in [6, 6.07) is 12.1. The van der Waals surface area contributed by atoms with Gasteiger partial charge in [0.25, 0.3) is 0 Å². The summed E-state index contributed by atoms with van der Waals surface area (Å²) in [5, 5.41) is 0. The Labute approximate surface area is 175 Å². The molecule has 2 aromatic rings. The molecule has 0 aromatic heterocycles. The first-order valence-corrected chi connectivity index (χ1v) is 11.9. The van der Waals surface area contributed by atoms with E-state index in [0.29, 0.717) is 24.1 Å². The van der Waals surface area contributed by atoms with Gasteiger partial charge in [-0.2, -0.15) is 8.42 Å². The number of carbonyl (C=O) groups is 1. The first-order valence-electron chi connectivity index (χ1n) is 10.5. The largest absolute Gasteiger partial charge is 0.477 e. The van der Waals surface area contributed by atoms with Gasteiger partial charge in [0.1, 0.15) is 4.90 Å². The fourth-order valence-corrected chi connectivity index (χ4v) is 7.28. The van der Waals surface area contributed by atoms with E-state index in [1.54, 1.807) is 24.3 Å². The average molecular weight is 426 g/mol. The Balaban J connectivity index is 1.50. The fraction of sp³-hybridized carbons (Fsp3) is 0.435. The van der Waals surface area contributed by atoms with Crippen molar-refractivity contribution in [1.29, 1.82) is 0 Å². The third-order valence-electron chi connectivity index (χ3n) is 7.60. The lowest BCUT2D eigenvalue weighted by Crippen LogP contribution is -2.65. The topological polar surface area (TPSA) is 72.9 Å². The van der Waals surface area contributed by atoms with Crippen molar-refractivity contribution in [3.63, 3.8) is 0 Å². The van der Waals surface area contributed by atoms with Crippen LogP contribution in [0.1, 0.15) is 30.4 Å². The first-order chi connectivity index (χ1) is 14.4. The fourth-order valence-electron chi connectivity index (χ4n) is 6.33. The van der Waals surface area contributed by atoms with Crippen LogP contribution in [-0.4, -0.2) is 44.8 Å². The monoisotopic (exact) mass is 425 g/mol. The molecule has 1 spiro atoms. The van der Waals surface area contributed by atoms with Crippen LogP contribution in [-0.2, 0) is 26.7 Å². The molecule has 0 radical (unpaired) electrons. The van der Waals surface area contributed by atoms with E-state index in [0.717, 1.165) is 36.9 Å². The summed E-state index contributed by atoms with van der Waals surface area (Å²) in [6.45, 7) is 0.903. The molecule has 0 N–H and O–H groups in total. The van der Waals surface area contributed by atoms with E-state index in [1.165, 1.54) is 12.1 Å². The summed E-state index contributed by atoms with van der Waals surface area (Å²) >= 11 is 0. The molecule has 30 heavy (non-hydrogen) atoms. The van der Waals surface area contributed by atoms with Crippen molar-refractivity contribution in [2.75, 3.05) is 13.6 Å². The Bertz CT molecular complexity index is 1160. The molecule has 1 saturated heterocycles. The van der Waals surface area contributed by atoms with Crippen molar-refractivity contribution < 1.29 is 22.1 Å². The molecule has 3 unspecified atom stereocenters. The van der Waals surface area contributed by atoms with Crippen LogP contribution in [0.3, 0.4) is 0 Å². The number of ketones is 1. The lowest BCUT2D eigenvalue weighted by atomic mass is 9.52. The summed E-state index contributed by atoms with van der Waals surface area (Å²) in [5.74, 6) is 1.11. The second-order valence-electron chi connectivity index (χ2n) is 8.93. The number of hydrogen-bond acceptors (Lipinski definition) is 6. The highest BCUT2D eigenvalue weighted by Crippen LogP contribution is 2.63. The van der Waals surface area contributed by atoms with Gasteiger partial charge in [0.15, 0.2) is 23.4 Å². The highest BCUT2D eigenvalue weighted by atomic mass is 32.2. The average Bonchev–Trinajstić information content (AvgIpc) is 3.10. The van der Waals surface area contributed by atoms with Crippen LogP contribution >= 0.6 is 0 Å². The van der Waals surface area contributed by atoms with Crippen LogP contribution < -0.4 is 8.92 Å². The van der Waals surface area contributed by atoms with Crippen molar-refractivity contribution in [2.45, 2.75) is 48.1 Å². The van der Waals surface area contributed by atoms with Crippen molar-refractivity contribution in [1.82, 2.24) is 4.90 Å². The van der Waals surface area contributed by atoms with Crippen LogP contribution in [0.5, 0.6) is 11.5 Å². The van der Waals surface area contributed by atoms with E-state index in [2.05, 4.69) is 11.9 Å². The zero-order valence-electron chi connectivity index (χ0n) is 16.7. The number of piperidine rings is 1. The predicted octanol–water partition coefficient (Wildman–Crippen LogP) is 2.69. The molecule has 2 fully saturated rings. The molecule has 7 heteroatoms. The zero-order valence-corrected chi connectivity index (χ0v) is 17.5. The molecular weight excluding hydrogens is 402 g/mol. The van der Waals surface area contributed by atoms with E-state index in [1.807, 2.05) is 6.07 Å². The van der Waals surface area contributed by atoms with Gasteiger partial charge in [-0.1, -0.05) is 24.3 Å². The molecule has 156 valence electrons. The quantitative estimate of drug-likeness (QED) is 0.704. The third kappa shape index (κ3) is 2.28. The van der Waals surface area contributed by atoms with Crippen LogP contribution in [0.2, 0.25) is 0 Å². The summed E-state index contributed by atoms with van der Waals surface area (Å²) in [6.07, 6.45) is 2.58. The second kappa shape index (κ2) is 6.08. The minimum absolute atomic E-state index is 0.0943. The first kappa shape index (κ1) is 18.4. The molecule has 4 aliphatic rings. The number of Topliss-reactive ketones (excluding diaryl/α,β-unsaturated/α-hetero) is 1.